The van der Waals surface area contributed by atoms with Crippen molar-refractivity contribution in [2.75, 3.05) is 0 Å². The molecule has 2 rings (SSSR count). The lowest BCUT2D eigenvalue weighted by molar-refractivity contribution is -0.135. The summed E-state index contributed by atoms with van der Waals surface area (Å²) >= 11 is 0. The van der Waals surface area contributed by atoms with Crippen molar-refractivity contribution >= 4 is 11.6 Å². The van der Waals surface area contributed by atoms with E-state index < -0.39 is 23.4 Å². The number of ketones is 2. The van der Waals surface area contributed by atoms with E-state index in [1.165, 1.54) is 0 Å². The van der Waals surface area contributed by atoms with Crippen molar-refractivity contribution < 1.29 is 19.8 Å². The molecule has 0 aliphatic heterocycles. The maximum absolute atomic E-state index is 12.3. The minimum Gasteiger partial charge on any atom is -0.389 e. The Hall–Kier alpha value is -3.60. The molecule has 236 valence electrons. The van der Waals surface area contributed by atoms with Gasteiger partial charge in [-0.15, -0.1) is 0 Å². The molecule has 0 bridgehead atoms. The second-order valence-corrected chi connectivity index (χ2v) is 13.3. The lowest BCUT2D eigenvalue weighted by Gasteiger charge is -2.39. The van der Waals surface area contributed by atoms with Gasteiger partial charge in [0.15, 0.2) is 11.6 Å². The first-order chi connectivity index (χ1) is 20.5. The molecule has 0 amide bonds. The van der Waals surface area contributed by atoms with E-state index in [-0.39, 0.29) is 11.2 Å². The first-order valence-electron chi connectivity index (χ1n) is 15.4. The minimum atomic E-state index is -1.38. The highest BCUT2D eigenvalue weighted by Crippen LogP contribution is 2.40. The number of aliphatic hydroxyl groups excluding tert-OH is 2. The zero-order chi connectivity index (χ0) is 33.2. The van der Waals surface area contributed by atoms with Gasteiger partial charge in [0.25, 0.3) is 0 Å². The average molecular weight is 597 g/mol. The van der Waals surface area contributed by atoms with Crippen molar-refractivity contribution in [1.82, 2.24) is 0 Å². The number of allylic oxidation sites excluding steroid dienone is 20. The van der Waals surface area contributed by atoms with E-state index in [0.29, 0.717) is 12.0 Å². The molecule has 0 fully saturated rings. The molecule has 0 radical (unpaired) electrons. The number of carbonyl (C=O) groups is 2. The Labute approximate surface area is 265 Å². The standard InChI is InChI=1S/C40H52O4/c1-27(17-13-19-29(3)21-23-33-31(5)35(41)25-26-39(33,7)8)15-11-12-16-28(2)18-14-20-30(4)22-24-34-32(6)36(42)37(43)38(44)40(34,9)10/h11-24,37-38,43-44H,25-26H2,1-10H3/b12-11+,17-13+,18-14+,23-21+,24-22+,27-15+,28-16+,29-19+,30-20+/t37-,38+/m1/s1. The maximum atomic E-state index is 12.3. The second-order valence-electron chi connectivity index (χ2n) is 13.3. The van der Waals surface area contributed by atoms with Crippen molar-refractivity contribution in [3.63, 3.8) is 0 Å². The number of hydrogen-bond acceptors (Lipinski definition) is 4. The molecule has 2 aliphatic carbocycles. The van der Waals surface area contributed by atoms with Crippen LogP contribution in [0.1, 0.15) is 82.1 Å². The highest BCUT2D eigenvalue weighted by atomic mass is 16.3. The predicted octanol–water partition coefficient (Wildman–Crippen LogP) is 8.91. The van der Waals surface area contributed by atoms with Gasteiger partial charge < -0.3 is 10.2 Å². The van der Waals surface area contributed by atoms with Gasteiger partial charge in [0, 0.05) is 11.8 Å². The number of aliphatic hydroxyl groups is 2. The van der Waals surface area contributed by atoms with Crippen LogP contribution in [0, 0.1) is 10.8 Å². The fourth-order valence-electron chi connectivity index (χ4n) is 5.40. The van der Waals surface area contributed by atoms with E-state index in [1.54, 1.807) is 6.92 Å². The largest absolute Gasteiger partial charge is 0.389 e. The lowest BCUT2D eigenvalue weighted by atomic mass is 9.69. The van der Waals surface area contributed by atoms with Crippen LogP contribution in [-0.4, -0.2) is 34.0 Å². The van der Waals surface area contributed by atoms with Gasteiger partial charge in [-0.25, -0.2) is 0 Å². The van der Waals surface area contributed by atoms with Crippen LogP contribution in [0.2, 0.25) is 0 Å². The van der Waals surface area contributed by atoms with E-state index in [0.717, 1.165) is 45.4 Å². The van der Waals surface area contributed by atoms with Gasteiger partial charge in [0.1, 0.15) is 6.10 Å². The zero-order valence-electron chi connectivity index (χ0n) is 28.4. The highest BCUT2D eigenvalue weighted by Gasteiger charge is 2.45. The Balaban J connectivity index is 1.96. The smallest absolute Gasteiger partial charge is 0.189 e. The number of rotatable bonds is 10. The van der Waals surface area contributed by atoms with Crippen LogP contribution in [-0.2, 0) is 9.59 Å². The fraction of sp³-hybridized carbons (Fsp3) is 0.400. The van der Waals surface area contributed by atoms with Crippen LogP contribution in [0.25, 0.3) is 0 Å². The third-order valence-corrected chi connectivity index (χ3v) is 8.59. The summed E-state index contributed by atoms with van der Waals surface area (Å²) < 4.78 is 0. The summed E-state index contributed by atoms with van der Waals surface area (Å²) in [7, 11) is 0. The van der Waals surface area contributed by atoms with E-state index in [2.05, 4.69) is 58.1 Å². The van der Waals surface area contributed by atoms with Crippen molar-refractivity contribution in [1.29, 1.82) is 0 Å². The summed E-state index contributed by atoms with van der Waals surface area (Å²) in [6, 6.07) is 0. The van der Waals surface area contributed by atoms with Crippen LogP contribution in [0.4, 0.5) is 0 Å². The molecule has 0 saturated carbocycles. The lowest BCUT2D eigenvalue weighted by Crippen LogP contribution is -2.49. The van der Waals surface area contributed by atoms with Crippen LogP contribution in [0.5, 0.6) is 0 Å². The molecule has 0 aromatic heterocycles. The van der Waals surface area contributed by atoms with Gasteiger partial charge in [0.05, 0.1) is 6.10 Å². The van der Waals surface area contributed by atoms with E-state index in [1.807, 2.05) is 89.3 Å². The van der Waals surface area contributed by atoms with Gasteiger partial charge in [-0.2, -0.15) is 0 Å². The molecule has 0 aromatic carbocycles. The first kappa shape index (κ1) is 36.6. The minimum absolute atomic E-state index is 0.0252. The van der Waals surface area contributed by atoms with Crippen LogP contribution < -0.4 is 0 Å². The second kappa shape index (κ2) is 15.9. The first-order valence-corrected chi connectivity index (χ1v) is 15.4. The molecule has 44 heavy (non-hydrogen) atoms. The quantitative estimate of drug-likeness (QED) is 0.247. The van der Waals surface area contributed by atoms with Crippen LogP contribution >= 0.6 is 0 Å². The van der Waals surface area contributed by atoms with Gasteiger partial charge in [-0.3, -0.25) is 9.59 Å². The topological polar surface area (TPSA) is 74.6 Å². The summed E-state index contributed by atoms with van der Waals surface area (Å²) in [4.78, 5) is 24.4. The number of hydrogen-bond donors (Lipinski definition) is 2. The van der Waals surface area contributed by atoms with Gasteiger partial charge in [-0.05, 0) is 75.7 Å². The summed E-state index contributed by atoms with van der Waals surface area (Å²) in [6.07, 6.45) is 27.3. The molecular formula is C40H52O4. The third-order valence-electron chi connectivity index (χ3n) is 8.59. The van der Waals surface area contributed by atoms with Gasteiger partial charge in [-0.1, -0.05) is 135 Å². The summed E-state index contributed by atoms with van der Waals surface area (Å²) in [5.74, 6) is -0.163. The van der Waals surface area contributed by atoms with Gasteiger partial charge in [0.2, 0.25) is 0 Å². The SMILES string of the molecule is CC1=C(/C=C/C(C)=C/C=C/C(C)=C/C=C/C=C(C)/C=C/C=C(C)/C=C/C2=C(C)C(=O)[C@@H](O)[C@H](O)C2(C)C)C(C)(C)CCC1=O. The molecular weight excluding hydrogens is 544 g/mol. The van der Waals surface area contributed by atoms with E-state index >= 15 is 0 Å². The summed E-state index contributed by atoms with van der Waals surface area (Å²) in [5, 5.41) is 20.4. The molecule has 0 heterocycles. The molecule has 2 N–H and O–H groups in total. The van der Waals surface area contributed by atoms with Crippen LogP contribution in [0.15, 0.2) is 130 Å². The molecule has 0 aromatic rings. The van der Waals surface area contributed by atoms with E-state index in [4.69, 9.17) is 0 Å². The Morgan fingerprint density at radius 1 is 0.659 bits per heavy atom. The highest BCUT2D eigenvalue weighted by molar-refractivity contribution is 6.01. The van der Waals surface area contributed by atoms with Gasteiger partial charge >= 0.3 is 0 Å². The summed E-state index contributed by atoms with van der Waals surface area (Å²) in [6.45, 7) is 19.9. The monoisotopic (exact) mass is 596 g/mol. The van der Waals surface area contributed by atoms with Crippen molar-refractivity contribution in [3.05, 3.63) is 130 Å². The molecule has 4 heteroatoms. The van der Waals surface area contributed by atoms with Crippen molar-refractivity contribution in [2.24, 2.45) is 10.8 Å². The van der Waals surface area contributed by atoms with Crippen molar-refractivity contribution in [3.8, 4) is 0 Å². The molecule has 0 saturated heterocycles. The summed E-state index contributed by atoms with van der Waals surface area (Å²) in [5.41, 5.74) is 6.92. The predicted molar refractivity (Wildman–Crippen MR) is 185 cm³/mol. The average Bonchev–Trinajstić information content (AvgIpc) is 2.95. The molecule has 2 atom stereocenters. The maximum Gasteiger partial charge on any atom is 0.189 e. The molecule has 2 aliphatic rings. The zero-order valence-corrected chi connectivity index (χ0v) is 28.4. The normalized spacial score (nSPS) is 24.5. The Morgan fingerprint density at radius 2 is 1.09 bits per heavy atom. The number of Topliss-reactive ketones (excluding diaryl/α,β-unsaturated/α-hetero) is 2. The Kier molecular flexibility index (Phi) is 13.2. The molecule has 0 spiro atoms. The van der Waals surface area contributed by atoms with Crippen LogP contribution in [0.3, 0.4) is 0 Å². The Morgan fingerprint density at radius 3 is 1.59 bits per heavy atom. The molecule has 0 unspecified atom stereocenters. The third kappa shape index (κ3) is 9.97. The fourth-order valence-corrected chi connectivity index (χ4v) is 5.40. The van der Waals surface area contributed by atoms with Crippen molar-refractivity contribution in [2.45, 2.75) is 94.3 Å². The molecule has 4 nitrogen and oxygen atoms in total. The Bertz CT molecular complexity index is 1450. The number of carbonyl (C=O) groups excluding carboxylic acids is 2. The van der Waals surface area contributed by atoms with E-state index in [9.17, 15) is 19.8 Å².